The Balaban J connectivity index is 1.86. The quantitative estimate of drug-likeness (QED) is 0.707. The second kappa shape index (κ2) is 9.40. The van der Waals surface area contributed by atoms with Gasteiger partial charge in [0.05, 0.1) is 0 Å². The Kier molecular flexibility index (Phi) is 6.44. The van der Waals surface area contributed by atoms with Gasteiger partial charge in [-0.2, -0.15) is 4.36 Å². The van der Waals surface area contributed by atoms with E-state index in [2.05, 4.69) is 9.08 Å². The molecule has 0 aromatic heterocycles. The van der Waals surface area contributed by atoms with Crippen LogP contribution < -0.4 is 4.72 Å². The molecule has 2 amide bonds. The number of amides is 2. The molecule has 0 heterocycles. The first-order valence-corrected chi connectivity index (χ1v) is 9.60. The first-order chi connectivity index (χ1) is 13.2. The zero-order valence-electron chi connectivity index (χ0n) is 14.5. The Bertz CT molecular complexity index is 969. The van der Waals surface area contributed by atoms with Crippen LogP contribution in [0.2, 0.25) is 0 Å². The average molecular weight is 374 g/mol. The van der Waals surface area contributed by atoms with Crippen LogP contribution in [0.25, 0.3) is 6.08 Å². The highest BCUT2D eigenvalue weighted by Gasteiger charge is 2.09. The molecule has 0 radical (unpaired) electrons. The Morgan fingerprint density at radius 1 is 0.741 bits per heavy atom. The third kappa shape index (κ3) is 5.59. The Labute approximate surface area is 160 Å². The lowest BCUT2D eigenvalue weighted by molar-refractivity contribution is 0.0984. The van der Waals surface area contributed by atoms with E-state index in [-0.39, 0.29) is 11.8 Å². The molecule has 4 nitrogen and oxygen atoms in total. The van der Waals surface area contributed by atoms with Crippen molar-refractivity contribution in [1.82, 2.24) is 4.72 Å². The molecule has 0 fully saturated rings. The number of carbonyl (C=O) groups excluding carboxylic acids is 2. The molecule has 0 bridgehead atoms. The minimum absolute atomic E-state index is 0.277. The van der Waals surface area contributed by atoms with Gasteiger partial charge in [-0.05, 0) is 35.9 Å². The van der Waals surface area contributed by atoms with Crippen molar-refractivity contribution in [1.29, 1.82) is 0 Å². The van der Waals surface area contributed by atoms with Gasteiger partial charge < -0.3 is 0 Å². The van der Waals surface area contributed by atoms with Gasteiger partial charge in [-0.15, -0.1) is 0 Å². The van der Waals surface area contributed by atoms with Crippen molar-refractivity contribution < 1.29 is 9.59 Å². The van der Waals surface area contributed by atoms with Crippen molar-refractivity contribution in [2.24, 2.45) is 4.36 Å². The van der Waals surface area contributed by atoms with E-state index in [1.54, 1.807) is 53.9 Å². The number of rotatable bonds is 5. The normalized spacial score (nSPS) is 12.0. The first kappa shape index (κ1) is 18.5. The molecule has 5 heteroatoms. The zero-order chi connectivity index (χ0) is 18.9. The van der Waals surface area contributed by atoms with Crippen molar-refractivity contribution in [2.75, 3.05) is 0 Å². The monoisotopic (exact) mass is 374 g/mol. The molecule has 1 unspecified atom stereocenters. The summed E-state index contributed by atoms with van der Waals surface area (Å²) in [7, 11) is -1.09. The number of nitrogens with one attached hydrogen (secondary N) is 1. The number of benzene rings is 3. The second-order valence-corrected chi connectivity index (χ2v) is 6.88. The predicted octanol–water partition coefficient (Wildman–Crippen LogP) is 4.64. The van der Waals surface area contributed by atoms with Gasteiger partial charge in [-0.1, -0.05) is 66.7 Å². The molecule has 1 atom stereocenters. The molecular formula is C22H18N2O2S. The molecule has 3 aromatic rings. The zero-order valence-corrected chi connectivity index (χ0v) is 15.3. The van der Waals surface area contributed by atoms with Gasteiger partial charge in [-0.3, -0.25) is 14.3 Å². The summed E-state index contributed by atoms with van der Waals surface area (Å²) in [5.41, 5.74) is 1.97. The van der Waals surface area contributed by atoms with Crippen molar-refractivity contribution in [3.8, 4) is 0 Å². The molecular weight excluding hydrogens is 356 g/mol. The minimum Gasteiger partial charge on any atom is -0.284 e. The van der Waals surface area contributed by atoms with Crippen LogP contribution >= 0.6 is 0 Å². The van der Waals surface area contributed by atoms with E-state index >= 15 is 0 Å². The molecule has 0 saturated carbocycles. The van der Waals surface area contributed by atoms with Crippen molar-refractivity contribution in [3.63, 3.8) is 0 Å². The van der Waals surface area contributed by atoms with E-state index in [1.807, 2.05) is 48.5 Å². The summed E-state index contributed by atoms with van der Waals surface area (Å²) in [4.78, 5) is 24.9. The van der Waals surface area contributed by atoms with Gasteiger partial charge in [0.25, 0.3) is 11.8 Å². The van der Waals surface area contributed by atoms with Gasteiger partial charge in [0.15, 0.2) is 0 Å². The highest BCUT2D eigenvalue weighted by atomic mass is 32.2. The largest absolute Gasteiger partial charge is 0.284 e. The fourth-order valence-electron chi connectivity index (χ4n) is 2.26. The maximum absolute atomic E-state index is 12.5. The lowest BCUT2D eigenvalue weighted by Gasteiger charge is -2.06. The Morgan fingerprint density at radius 3 is 1.85 bits per heavy atom. The Hall–Kier alpha value is -3.31. The summed E-state index contributed by atoms with van der Waals surface area (Å²) in [5.74, 6) is -0.647. The summed E-state index contributed by atoms with van der Waals surface area (Å²) in [6.45, 7) is 0. The summed E-state index contributed by atoms with van der Waals surface area (Å²) in [6, 6.07) is 27.3. The molecule has 0 spiro atoms. The first-order valence-electron chi connectivity index (χ1n) is 8.36. The smallest absolute Gasteiger partial charge is 0.284 e. The minimum atomic E-state index is -1.09. The number of hydrogen-bond donors (Lipinski definition) is 1. The molecule has 1 N–H and O–H groups in total. The summed E-state index contributed by atoms with van der Waals surface area (Å²) in [5, 5.41) is 1.73. The third-order valence-corrected chi connectivity index (χ3v) is 4.78. The van der Waals surface area contributed by atoms with E-state index in [1.165, 1.54) is 0 Å². The fraction of sp³-hybridized carbons (Fsp3) is 0. The third-order valence-electron chi connectivity index (χ3n) is 3.62. The standard InChI is InChI=1S/C22H18N2O2S/c25-21(19-12-6-2-7-13-19)23-27(17-16-18-10-4-1-5-11-18)24-22(26)20-14-8-3-9-15-20/h1-17H,(H,23,24,25,26). The SMILES string of the molecule is O=C(N=S(C=Cc1ccccc1)NC(=O)c1ccccc1)c1ccccc1. The lowest BCUT2D eigenvalue weighted by Crippen LogP contribution is -2.24. The predicted molar refractivity (Wildman–Crippen MR) is 110 cm³/mol. The lowest BCUT2D eigenvalue weighted by atomic mass is 10.2. The maximum atomic E-state index is 12.5. The fourth-order valence-corrected chi connectivity index (χ4v) is 3.31. The van der Waals surface area contributed by atoms with Crippen molar-refractivity contribution in [2.45, 2.75) is 0 Å². The van der Waals surface area contributed by atoms with Crippen molar-refractivity contribution >= 4 is 28.8 Å². The number of nitrogens with zero attached hydrogens (tertiary/aromatic N) is 1. The highest BCUT2D eigenvalue weighted by molar-refractivity contribution is 7.89. The molecule has 3 rings (SSSR count). The van der Waals surface area contributed by atoms with Gasteiger partial charge in [-0.25, -0.2) is 0 Å². The molecule has 0 aliphatic heterocycles. The van der Waals surface area contributed by atoms with Gasteiger partial charge in [0.2, 0.25) is 0 Å². The van der Waals surface area contributed by atoms with E-state index in [9.17, 15) is 9.59 Å². The topological polar surface area (TPSA) is 58.5 Å². The average Bonchev–Trinajstić information content (AvgIpc) is 2.74. The van der Waals surface area contributed by atoms with E-state index in [4.69, 9.17) is 0 Å². The van der Waals surface area contributed by atoms with Crippen molar-refractivity contribution in [3.05, 3.63) is 113 Å². The van der Waals surface area contributed by atoms with Crippen LogP contribution in [-0.2, 0) is 10.9 Å². The van der Waals surface area contributed by atoms with Crippen LogP contribution in [0.15, 0.2) is 101 Å². The number of hydrogen-bond acceptors (Lipinski definition) is 2. The van der Waals surface area contributed by atoms with Crippen LogP contribution in [0, 0.1) is 0 Å². The van der Waals surface area contributed by atoms with E-state index < -0.39 is 10.9 Å². The highest BCUT2D eigenvalue weighted by Crippen LogP contribution is 2.07. The van der Waals surface area contributed by atoms with Gasteiger partial charge >= 0.3 is 0 Å². The van der Waals surface area contributed by atoms with Gasteiger partial charge in [0, 0.05) is 27.4 Å². The molecule has 134 valence electrons. The second-order valence-electron chi connectivity index (χ2n) is 5.59. The summed E-state index contributed by atoms with van der Waals surface area (Å²) < 4.78 is 7.02. The van der Waals surface area contributed by atoms with Crippen LogP contribution in [0.4, 0.5) is 0 Å². The Morgan fingerprint density at radius 2 is 1.26 bits per heavy atom. The molecule has 0 aliphatic carbocycles. The van der Waals surface area contributed by atoms with Crippen LogP contribution in [0.5, 0.6) is 0 Å². The van der Waals surface area contributed by atoms with E-state index in [0.29, 0.717) is 11.1 Å². The van der Waals surface area contributed by atoms with E-state index in [0.717, 1.165) is 5.56 Å². The summed E-state index contributed by atoms with van der Waals surface area (Å²) in [6.07, 6.45) is 1.84. The van der Waals surface area contributed by atoms with Crippen LogP contribution in [-0.4, -0.2) is 11.8 Å². The molecule has 27 heavy (non-hydrogen) atoms. The number of carbonyl (C=O) groups is 2. The maximum Gasteiger partial charge on any atom is 0.284 e. The summed E-state index contributed by atoms with van der Waals surface area (Å²) >= 11 is 0. The molecule has 0 aliphatic rings. The van der Waals surface area contributed by atoms with Gasteiger partial charge in [0.1, 0.15) is 0 Å². The molecule has 0 saturated heterocycles. The van der Waals surface area contributed by atoms with Crippen LogP contribution in [0.3, 0.4) is 0 Å². The van der Waals surface area contributed by atoms with Crippen LogP contribution in [0.1, 0.15) is 26.3 Å². The molecule has 3 aromatic carbocycles.